The van der Waals surface area contributed by atoms with Gasteiger partial charge >= 0.3 is 5.97 Å². The standard InChI is InChI=1S/C20H15BrF2N2O3/c21-15-3-8-18(23)14(12-15)2-9-20(27)28-13-19(26)25(11-1-10-24)17-6-4-16(22)5-7-17/h2-9,12H,1,11,13H2/b9-2+. The molecule has 0 aromatic heterocycles. The van der Waals surface area contributed by atoms with Crippen LogP contribution in [0, 0.1) is 23.0 Å². The van der Waals surface area contributed by atoms with Gasteiger partial charge in [-0.2, -0.15) is 5.26 Å². The molecule has 2 rings (SSSR count). The van der Waals surface area contributed by atoms with Gasteiger partial charge in [0.25, 0.3) is 5.91 Å². The molecule has 2 aromatic carbocycles. The van der Waals surface area contributed by atoms with Gasteiger partial charge in [-0.1, -0.05) is 15.9 Å². The summed E-state index contributed by atoms with van der Waals surface area (Å²) < 4.78 is 32.2. The van der Waals surface area contributed by atoms with E-state index in [9.17, 15) is 18.4 Å². The third kappa shape index (κ3) is 6.28. The predicted octanol–water partition coefficient (Wildman–Crippen LogP) is 4.23. The number of carbonyl (C=O) groups excluding carboxylic acids is 2. The lowest BCUT2D eigenvalue weighted by molar-refractivity contribution is -0.142. The van der Waals surface area contributed by atoms with E-state index in [0.29, 0.717) is 10.2 Å². The highest BCUT2D eigenvalue weighted by atomic mass is 79.9. The Morgan fingerprint density at radius 3 is 2.57 bits per heavy atom. The molecule has 2 aromatic rings. The fourth-order valence-corrected chi connectivity index (χ4v) is 2.62. The largest absolute Gasteiger partial charge is 0.452 e. The van der Waals surface area contributed by atoms with Crippen molar-refractivity contribution in [2.24, 2.45) is 0 Å². The summed E-state index contributed by atoms with van der Waals surface area (Å²) in [5.41, 5.74) is 0.559. The summed E-state index contributed by atoms with van der Waals surface area (Å²) in [6.45, 7) is -0.509. The van der Waals surface area contributed by atoms with E-state index in [2.05, 4.69) is 15.9 Å². The number of nitrogens with zero attached hydrogens (tertiary/aromatic N) is 2. The number of rotatable bonds is 7. The first-order chi connectivity index (χ1) is 13.4. The quantitative estimate of drug-likeness (QED) is 0.469. The molecule has 5 nitrogen and oxygen atoms in total. The zero-order chi connectivity index (χ0) is 20.5. The number of anilines is 1. The fourth-order valence-electron chi connectivity index (χ4n) is 2.24. The second-order valence-electron chi connectivity index (χ2n) is 5.54. The third-order valence-electron chi connectivity index (χ3n) is 3.58. The number of ether oxygens (including phenoxy) is 1. The number of benzene rings is 2. The fraction of sp³-hybridized carbons (Fsp3) is 0.150. The van der Waals surface area contributed by atoms with Crippen molar-refractivity contribution in [3.63, 3.8) is 0 Å². The van der Waals surface area contributed by atoms with E-state index >= 15 is 0 Å². The Labute approximate surface area is 169 Å². The first-order valence-corrected chi connectivity index (χ1v) is 8.93. The predicted molar refractivity (Wildman–Crippen MR) is 103 cm³/mol. The van der Waals surface area contributed by atoms with E-state index in [1.165, 1.54) is 53.4 Å². The Morgan fingerprint density at radius 2 is 1.89 bits per heavy atom. The van der Waals surface area contributed by atoms with Crippen molar-refractivity contribution in [3.05, 3.63) is 70.2 Å². The lowest BCUT2D eigenvalue weighted by Crippen LogP contribution is -2.35. The van der Waals surface area contributed by atoms with Gasteiger partial charge in [0.1, 0.15) is 11.6 Å². The lowest BCUT2D eigenvalue weighted by atomic mass is 10.2. The van der Waals surface area contributed by atoms with Crippen molar-refractivity contribution < 1.29 is 23.1 Å². The molecule has 0 heterocycles. The highest BCUT2D eigenvalue weighted by Gasteiger charge is 2.17. The molecule has 144 valence electrons. The van der Waals surface area contributed by atoms with Crippen LogP contribution in [0.3, 0.4) is 0 Å². The van der Waals surface area contributed by atoms with E-state index in [1.807, 2.05) is 6.07 Å². The minimum atomic E-state index is -0.827. The van der Waals surface area contributed by atoms with Crippen molar-refractivity contribution in [2.75, 3.05) is 18.1 Å². The molecule has 8 heteroatoms. The highest BCUT2D eigenvalue weighted by molar-refractivity contribution is 9.10. The molecule has 0 radical (unpaired) electrons. The van der Waals surface area contributed by atoms with E-state index in [4.69, 9.17) is 10.00 Å². The summed E-state index contributed by atoms with van der Waals surface area (Å²) in [7, 11) is 0. The average Bonchev–Trinajstić information content (AvgIpc) is 2.68. The number of carbonyl (C=O) groups is 2. The summed E-state index contributed by atoms with van der Waals surface area (Å²) in [5, 5.41) is 8.75. The van der Waals surface area contributed by atoms with Crippen LogP contribution < -0.4 is 4.90 Å². The van der Waals surface area contributed by atoms with Gasteiger partial charge in [-0.15, -0.1) is 0 Å². The van der Waals surface area contributed by atoms with Crippen LogP contribution in [0.5, 0.6) is 0 Å². The molecule has 0 unspecified atom stereocenters. The van der Waals surface area contributed by atoms with Gasteiger partial charge < -0.3 is 9.64 Å². The molecule has 0 spiro atoms. The maximum atomic E-state index is 13.6. The van der Waals surface area contributed by atoms with Crippen molar-refractivity contribution in [1.82, 2.24) is 0 Å². The molecule has 0 saturated carbocycles. The van der Waals surface area contributed by atoms with E-state index < -0.39 is 30.1 Å². The van der Waals surface area contributed by atoms with Crippen molar-refractivity contribution in [3.8, 4) is 6.07 Å². The maximum absolute atomic E-state index is 13.6. The molecule has 28 heavy (non-hydrogen) atoms. The highest BCUT2D eigenvalue weighted by Crippen LogP contribution is 2.17. The Bertz CT molecular complexity index is 924. The smallest absolute Gasteiger partial charge is 0.331 e. The Kier molecular flexibility index (Phi) is 7.84. The van der Waals surface area contributed by atoms with Gasteiger partial charge in [-0.05, 0) is 48.5 Å². The summed E-state index contributed by atoms with van der Waals surface area (Å²) in [4.78, 5) is 25.4. The molecular formula is C20H15BrF2N2O3. The van der Waals surface area contributed by atoms with Gasteiger partial charge in [0.15, 0.2) is 6.61 Å². The van der Waals surface area contributed by atoms with Crippen LogP contribution in [-0.4, -0.2) is 25.0 Å². The van der Waals surface area contributed by atoms with Gasteiger partial charge in [-0.25, -0.2) is 13.6 Å². The van der Waals surface area contributed by atoms with Crippen molar-refractivity contribution in [1.29, 1.82) is 5.26 Å². The van der Waals surface area contributed by atoms with E-state index in [1.54, 1.807) is 0 Å². The molecule has 0 aliphatic rings. The minimum Gasteiger partial charge on any atom is -0.452 e. The average molecular weight is 449 g/mol. The molecule has 0 atom stereocenters. The van der Waals surface area contributed by atoms with Crippen LogP contribution in [0.2, 0.25) is 0 Å². The zero-order valence-corrected chi connectivity index (χ0v) is 16.2. The van der Waals surface area contributed by atoms with Crippen molar-refractivity contribution >= 4 is 39.6 Å². The molecular weight excluding hydrogens is 434 g/mol. The lowest BCUT2D eigenvalue weighted by Gasteiger charge is -2.21. The van der Waals surface area contributed by atoms with Crippen LogP contribution in [-0.2, 0) is 14.3 Å². The summed E-state index contributed by atoms with van der Waals surface area (Å²) in [6.07, 6.45) is 2.30. The molecule has 0 N–H and O–H groups in total. The maximum Gasteiger partial charge on any atom is 0.331 e. The van der Waals surface area contributed by atoms with Crippen LogP contribution in [0.4, 0.5) is 14.5 Å². The van der Waals surface area contributed by atoms with Crippen LogP contribution in [0.1, 0.15) is 12.0 Å². The number of hydrogen-bond acceptors (Lipinski definition) is 4. The topological polar surface area (TPSA) is 70.4 Å². The van der Waals surface area contributed by atoms with E-state index in [-0.39, 0.29) is 18.5 Å². The van der Waals surface area contributed by atoms with Gasteiger partial charge in [-0.3, -0.25) is 4.79 Å². The minimum absolute atomic E-state index is 0.0547. The molecule has 1 amide bonds. The number of hydrogen-bond donors (Lipinski definition) is 0. The summed E-state index contributed by atoms with van der Waals surface area (Å²) >= 11 is 3.20. The number of amides is 1. The molecule has 0 aliphatic heterocycles. The Hall–Kier alpha value is -3.05. The Balaban J connectivity index is 2.00. The zero-order valence-electron chi connectivity index (χ0n) is 14.6. The molecule has 0 fully saturated rings. The van der Waals surface area contributed by atoms with Crippen LogP contribution >= 0.6 is 15.9 Å². The summed E-state index contributed by atoms with van der Waals surface area (Å²) in [6, 6.07) is 11.3. The van der Waals surface area contributed by atoms with Crippen molar-refractivity contribution in [2.45, 2.75) is 6.42 Å². The normalized spacial score (nSPS) is 10.5. The second-order valence-corrected chi connectivity index (χ2v) is 6.45. The van der Waals surface area contributed by atoms with Gasteiger partial charge in [0.2, 0.25) is 0 Å². The molecule has 0 aliphatic carbocycles. The van der Waals surface area contributed by atoms with Crippen LogP contribution in [0.15, 0.2) is 53.0 Å². The first-order valence-electron chi connectivity index (χ1n) is 8.13. The van der Waals surface area contributed by atoms with Gasteiger partial charge in [0, 0.05) is 28.3 Å². The molecule has 0 bridgehead atoms. The third-order valence-corrected chi connectivity index (χ3v) is 4.07. The SMILES string of the molecule is N#CCCN(C(=O)COC(=O)/C=C/c1cc(Br)ccc1F)c1ccc(F)cc1. The number of nitriles is 1. The number of halogens is 3. The van der Waals surface area contributed by atoms with Crippen LogP contribution in [0.25, 0.3) is 6.08 Å². The van der Waals surface area contributed by atoms with Gasteiger partial charge in [0.05, 0.1) is 12.5 Å². The first kappa shape index (κ1) is 21.3. The Morgan fingerprint density at radius 1 is 1.18 bits per heavy atom. The molecule has 0 saturated heterocycles. The number of esters is 1. The van der Waals surface area contributed by atoms with E-state index in [0.717, 1.165) is 6.08 Å². The summed E-state index contributed by atoms with van der Waals surface area (Å²) in [5.74, 6) is -2.38. The second kappa shape index (κ2) is 10.3. The monoisotopic (exact) mass is 448 g/mol.